The first-order valence-electron chi connectivity index (χ1n) is 10.4. The Morgan fingerprint density at radius 1 is 1.28 bits per heavy atom. The van der Waals surface area contributed by atoms with Crippen LogP contribution in [0.25, 0.3) is 16.5 Å². The van der Waals surface area contributed by atoms with Gasteiger partial charge in [0.2, 0.25) is 5.91 Å². The zero-order valence-electron chi connectivity index (χ0n) is 17.3. The van der Waals surface area contributed by atoms with Crippen molar-refractivity contribution in [2.75, 3.05) is 27.2 Å². The molecule has 0 unspecified atom stereocenters. The van der Waals surface area contributed by atoms with Gasteiger partial charge in [0.05, 0.1) is 5.52 Å². The molecule has 1 fully saturated rings. The number of carbonyl (C=O) groups excluding carboxylic acids is 2. The number of hydrogen-bond donors (Lipinski definition) is 1. The fourth-order valence-electron chi connectivity index (χ4n) is 4.25. The number of fused-ring (bicyclic) bond motifs is 1. The number of halogens is 1. The molecular weight excluding hydrogens is 369 g/mol. The monoisotopic (exact) mass is 397 g/mol. The quantitative estimate of drug-likeness (QED) is 0.848. The normalized spacial score (nSPS) is 17.2. The summed E-state index contributed by atoms with van der Waals surface area (Å²) in [5.74, 6) is -0.175. The lowest BCUT2D eigenvalue weighted by atomic mass is 9.84. The van der Waals surface area contributed by atoms with Crippen LogP contribution in [0.3, 0.4) is 0 Å². The number of aromatic amines is 1. The van der Waals surface area contributed by atoms with Crippen molar-refractivity contribution in [1.82, 2.24) is 14.8 Å². The third-order valence-corrected chi connectivity index (χ3v) is 6.22. The summed E-state index contributed by atoms with van der Waals surface area (Å²) < 4.78 is 15.5. The molecule has 0 saturated heterocycles. The van der Waals surface area contributed by atoms with Crippen LogP contribution in [0.2, 0.25) is 0 Å². The number of nitrogens with zero attached hydrogens (tertiary/aromatic N) is 2. The van der Waals surface area contributed by atoms with E-state index in [1.807, 2.05) is 24.0 Å². The number of aromatic nitrogens is 1. The first-order chi connectivity index (χ1) is 13.9. The van der Waals surface area contributed by atoms with Gasteiger partial charge in [0, 0.05) is 44.1 Å². The smallest absolute Gasteiger partial charge is 0.269 e. The lowest BCUT2D eigenvalue weighted by Crippen LogP contribution is -2.41. The van der Waals surface area contributed by atoms with Crippen LogP contribution in [-0.2, 0) is 11.2 Å². The molecule has 5 nitrogen and oxygen atoms in total. The van der Waals surface area contributed by atoms with E-state index in [4.69, 9.17) is 0 Å². The summed E-state index contributed by atoms with van der Waals surface area (Å²) in [5.41, 5.74) is 3.14. The second-order valence-corrected chi connectivity index (χ2v) is 8.33. The lowest BCUT2D eigenvalue weighted by molar-refractivity contribution is -0.137. The average molecular weight is 397 g/mol. The number of amides is 2. The van der Waals surface area contributed by atoms with Crippen molar-refractivity contribution in [3.8, 4) is 0 Å². The molecule has 1 aliphatic carbocycles. The van der Waals surface area contributed by atoms with Gasteiger partial charge in [-0.1, -0.05) is 19.4 Å². The Hall–Kier alpha value is -2.63. The highest BCUT2D eigenvalue weighted by atomic mass is 19.1. The molecule has 29 heavy (non-hydrogen) atoms. The molecule has 1 saturated carbocycles. The molecule has 1 aromatic heterocycles. The SMILES string of the molecule is CCc1cc(C2=CCCN(C(=O)C3CCC3)C2)c(F)c2[nH]c(C(=O)N(C)C)cc12. The number of rotatable bonds is 4. The number of hydrogen-bond acceptors (Lipinski definition) is 2. The van der Waals surface area contributed by atoms with Crippen molar-refractivity contribution in [2.24, 2.45) is 5.92 Å². The maximum absolute atomic E-state index is 15.5. The minimum Gasteiger partial charge on any atom is -0.348 e. The average Bonchev–Trinajstić information content (AvgIpc) is 3.12. The molecule has 2 heterocycles. The number of H-pyrrole nitrogens is 1. The topological polar surface area (TPSA) is 56.4 Å². The molecule has 2 amide bonds. The maximum atomic E-state index is 15.5. The van der Waals surface area contributed by atoms with Crippen LogP contribution in [0.15, 0.2) is 18.2 Å². The van der Waals surface area contributed by atoms with E-state index in [0.717, 1.165) is 48.6 Å². The summed E-state index contributed by atoms with van der Waals surface area (Å²) in [6.45, 7) is 3.18. The molecule has 2 aliphatic rings. The van der Waals surface area contributed by atoms with E-state index < -0.39 is 0 Å². The highest BCUT2D eigenvalue weighted by Crippen LogP contribution is 2.34. The van der Waals surface area contributed by atoms with Gasteiger partial charge in [-0.15, -0.1) is 0 Å². The zero-order chi connectivity index (χ0) is 20.7. The fraction of sp³-hybridized carbons (Fsp3) is 0.478. The van der Waals surface area contributed by atoms with E-state index in [2.05, 4.69) is 4.98 Å². The van der Waals surface area contributed by atoms with Crippen molar-refractivity contribution < 1.29 is 14.0 Å². The van der Waals surface area contributed by atoms with Gasteiger partial charge in [-0.25, -0.2) is 4.39 Å². The van der Waals surface area contributed by atoms with E-state index in [0.29, 0.717) is 29.9 Å². The summed E-state index contributed by atoms with van der Waals surface area (Å²) in [6, 6.07) is 3.63. The van der Waals surface area contributed by atoms with Gasteiger partial charge in [-0.3, -0.25) is 9.59 Å². The number of nitrogens with one attached hydrogen (secondary N) is 1. The molecule has 0 bridgehead atoms. The molecule has 154 valence electrons. The highest BCUT2D eigenvalue weighted by molar-refractivity contribution is 5.99. The molecule has 0 atom stereocenters. The van der Waals surface area contributed by atoms with Crippen LogP contribution in [0, 0.1) is 11.7 Å². The molecule has 0 spiro atoms. The number of carbonyl (C=O) groups is 2. The highest BCUT2D eigenvalue weighted by Gasteiger charge is 2.31. The van der Waals surface area contributed by atoms with Gasteiger partial charge < -0.3 is 14.8 Å². The van der Waals surface area contributed by atoms with E-state index in [1.54, 1.807) is 20.2 Å². The Labute approximate surface area is 170 Å². The van der Waals surface area contributed by atoms with Crippen LogP contribution in [0.4, 0.5) is 4.39 Å². The lowest BCUT2D eigenvalue weighted by Gasteiger charge is -2.34. The number of aryl methyl sites for hydroxylation is 1. The summed E-state index contributed by atoms with van der Waals surface area (Å²) >= 11 is 0. The van der Waals surface area contributed by atoms with E-state index in [-0.39, 0.29) is 23.5 Å². The van der Waals surface area contributed by atoms with Crippen LogP contribution in [0.5, 0.6) is 0 Å². The van der Waals surface area contributed by atoms with Gasteiger partial charge in [-0.05, 0) is 49.0 Å². The second-order valence-electron chi connectivity index (χ2n) is 8.33. The molecule has 4 rings (SSSR count). The molecular formula is C23H28FN3O2. The molecule has 1 aliphatic heterocycles. The van der Waals surface area contributed by atoms with Gasteiger partial charge in [0.15, 0.2) is 5.82 Å². The van der Waals surface area contributed by atoms with Gasteiger partial charge >= 0.3 is 0 Å². The zero-order valence-corrected chi connectivity index (χ0v) is 17.3. The Kier molecular flexibility index (Phi) is 5.19. The van der Waals surface area contributed by atoms with Gasteiger partial charge in [0.25, 0.3) is 5.91 Å². The van der Waals surface area contributed by atoms with Crippen LogP contribution < -0.4 is 0 Å². The molecule has 6 heteroatoms. The first-order valence-corrected chi connectivity index (χ1v) is 10.4. The summed E-state index contributed by atoms with van der Waals surface area (Å²) in [4.78, 5) is 31.4. The van der Waals surface area contributed by atoms with Crippen molar-refractivity contribution in [1.29, 1.82) is 0 Å². The molecule has 0 radical (unpaired) electrons. The third-order valence-electron chi connectivity index (χ3n) is 6.22. The second kappa shape index (κ2) is 7.65. The molecule has 2 aromatic rings. The predicted octanol–water partition coefficient (Wildman–Crippen LogP) is 3.99. The van der Waals surface area contributed by atoms with Gasteiger partial charge in [-0.2, -0.15) is 0 Å². The molecule has 1 N–H and O–H groups in total. The minimum absolute atomic E-state index is 0.149. The first kappa shape index (κ1) is 19.7. The largest absolute Gasteiger partial charge is 0.348 e. The van der Waals surface area contributed by atoms with E-state index >= 15 is 4.39 Å². The Balaban J connectivity index is 1.71. The van der Waals surface area contributed by atoms with Crippen molar-refractivity contribution >= 4 is 28.3 Å². The van der Waals surface area contributed by atoms with Crippen molar-refractivity contribution in [3.63, 3.8) is 0 Å². The summed E-state index contributed by atoms with van der Waals surface area (Å²) in [7, 11) is 3.35. The van der Waals surface area contributed by atoms with Crippen LogP contribution in [-0.4, -0.2) is 53.8 Å². The van der Waals surface area contributed by atoms with Crippen molar-refractivity contribution in [3.05, 3.63) is 40.8 Å². The third kappa shape index (κ3) is 3.45. The van der Waals surface area contributed by atoms with Crippen LogP contribution in [0.1, 0.15) is 54.2 Å². The Bertz CT molecular complexity index is 1000. The minimum atomic E-state index is -0.348. The van der Waals surface area contributed by atoms with Gasteiger partial charge in [0.1, 0.15) is 5.69 Å². The maximum Gasteiger partial charge on any atom is 0.269 e. The summed E-state index contributed by atoms with van der Waals surface area (Å²) in [6.07, 6.45) is 6.58. The Morgan fingerprint density at radius 3 is 2.66 bits per heavy atom. The standard InChI is InChI=1S/C23H28FN3O2/c1-4-14-11-17(16-9-6-10-27(13-16)22(28)15-7-5-8-15)20(24)21-18(14)12-19(25-21)23(29)26(2)3/h9,11-12,15,25H,4-8,10,13H2,1-3H3. The fourth-order valence-corrected chi connectivity index (χ4v) is 4.25. The summed E-state index contributed by atoms with van der Waals surface area (Å²) in [5, 5.41) is 0.748. The molecule has 1 aromatic carbocycles. The predicted molar refractivity (Wildman–Crippen MR) is 112 cm³/mol. The Morgan fingerprint density at radius 2 is 2.03 bits per heavy atom. The van der Waals surface area contributed by atoms with E-state index in [1.165, 1.54) is 4.90 Å². The van der Waals surface area contributed by atoms with Crippen molar-refractivity contribution in [2.45, 2.75) is 39.0 Å². The van der Waals surface area contributed by atoms with E-state index in [9.17, 15) is 9.59 Å². The number of benzene rings is 1. The van der Waals surface area contributed by atoms with Crippen LogP contribution >= 0.6 is 0 Å².